The smallest absolute Gasteiger partial charge is 0.368 e. The van der Waals surface area contributed by atoms with Crippen LogP contribution in [0.25, 0.3) is 5.69 Å². The Hall–Kier alpha value is -2.25. The molecule has 0 bridgehead atoms. The first-order chi connectivity index (χ1) is 12.1. The molecule has 3 aromatic rings. The van der Waals surface area contributed by atoms with Crippen LogP contribution >= 0.6 is 23.4 Å². The summed E-state index contributed by atoms with van der Waals surface area (Å²) in [5.74, 6) is 1.50. The van der Waals surface area contributed by atoms with Crippen LogP contribution in [0.2, 0.25) is 5.02 Å². The maximum atomic E-state index is 12.3. The summed E-state index contributed by atoms with van der Waals surface area (Å²) in [4.78, 5) is 13.3. The van der Waals surface area contributed by atoms with Gasteiger partial charge in [-0.05, 0) is 40.4 Å². The molecule has 3 rings (SSSR count). The first kappa shape index (κ1) is 17.6. The van der Waals surface area contributed by atoms with Crippen molar-refractivity contribution in [1.82, 2.24) is 19.8 Å². The van der Waals surface area contributed by atoms with Gasteiger partial charge in [-0.15, -0.1) is 11.8 Å². The Morgan fingerprint density at radius 1 is 1.16 bits per heavy atom. The molecule has 130 valence electrons. The summed E-state index contributed by atoms with van der Waals surface area (Å²) in [6, 6.07) is 13.0. The van der Waals surface area contributed by atoms with Gasteiger partial charge in [-0.3, -0.25) is 0 Å². The van der Waals surface area contributed by atoms with Gasteiger partial charge in [0.2, 0.25) is 0 Å². The van der Waals surface area contributed by atoms with Gasteiger partial charge in [0.15, 0.2) is 0 Å². The number of ether oxygens (including phenoxy) is 1. The van der Waals surface area contributed by atoms with Crippen molar-refractivity contribution in [2.24, 2.45) is 7.05 Å². The average Bonchev–Trinajstić information content (AvgIpc) is 2.94. The van der Waals surface area contributed by atoms with Gasteiger partial charge in [0.25, 0.3) is 0 Å². The number of halogens is 1. The van der Waals surface area contributed by atoms with Crippen LogP contribution in [0.1, 0.15) is 12.5 Å². The topological polar surface area (TPSA) is 61.9 Å². The van der Waals surface area contributed by atoms with E-state index in [0.29, 0.717) is 16.5 Å². The van der Waals surface area contributed by atoms with E-state index in [0.717, 1.165) is 16.2 Å². The lowest BCUT2D eigenvalue weighted by Gasteiger charge is -2.15. The lowest BCUT2D eigenvalue weighted by molar-refractivity contribution is 0.303. The summed E-state index contributed by atoms with van der Waals surface area (Å²) in [6.07, 6.45) is 0. The zero-order valence-electron chi connectivity index (χ0n) is 13.8. The quantitative estimate of drug-likeness (QED) is 0.617. The second-order valence-electron chi connectivity index (χ2n) is 5.20. The molecular formula is C17H17ClN4O2S. The summed E-state index contributed by atoms with van der Waals surface area (Å²) in [5.41, 5.74) is 1.22. The van der Waals surface area contributed by atoms with Crippen LogP contribution < -0.4 is 10.4 Å². The van der Waals surface area contributed by atoms with Crippen LogP contribution in [0.15, 0.2) is 52.2 Å². The fourth-order valence-corrected chi connectivity index (χ4v) is 3.38. The van der Waals surface area contributed by atoms with E-state index in [1.165, 1.54) is 9.36 Å². The average molecular weight is 377 g/mol. The van der Waals surface area contributed by atoms with E-state index < -0.39 is 0 Å². The van der Waals surface area contributed by atoms with Crippen LogP contribution in [0.3, 0.4) is 0 Å². The van der Waals surface area contributed by atoms with Crippen molar-refractivity contribution in [1.29, 1.82) is 0 Å². The van der Waals surface area contributed by atoms with Gasteiger partial charge in [-0.1, -0.05) is 36.7 Å². The minimum absolute atomic E-state index is 0.269. The van der Waals surface area contributed by atoms with Gasteiger partial charge in [0.1, 0.15) is 12.4 Å². The van der Waals surface area contributed by atoms with Crippen molar-refractivity contribution in [2.45, 2.75) is 18.4 Å². The van der Waals surface area contributed by atoms with Crippen molar-refractivity contribution < 1.29 is 4.74 Å². The van der Waals surface area contributed by atoms with Gasteiger partial charge < -0.3 is 4.74 Å². The number of rotatable bonds is 6. The maximum Gasteiger partial charge on any atom is 0.368 e. The normalized spacial score (nSPS) is 10.8. The zero-order chi connectivity index (χ0) is 17.8. The van der Waals surface area contributed by atoms with E-state index in [4.69, 9.17) is 16.3 Å². The number of tetrazole rings is 1. The number of aryl methyl sites for hydroxylation is 1. The standard InChI is InChI=1S/C17H17ClN4O2S/c1-3-25-16-10-6-8-14(22-17(23)21(2)19-20-22)12(16)11-24-15-9-5-4-7-13(15)18/h4-10H,3,11H2,1-2H3. The van der Waals surface area contributed by atoms with Crippen LogP contribution in [-0.4, -0.2) is 25.5 Å². The molecule has 0 spiro atoms. The number of para-hydroxylation sites is 1. The molecule has 8 heteroatoms. The minimum atomic E-state index is -0.308. The minimum Gasteiger partial charge on any atom is -0.487 e. The van der Waals surface area contributed by atoms with Crippen molar-refractivity contribution in [2.75, 3.05) is 5.75 Å². The van der Waals surface area contributed by atoms with Crippen molar-refractivity contribution in [3.63, 3.8) is 0 Å². The second-order valence-corrected chi connectivity index (χ2v) is 6.92. The van der Waals surface area contributed by atoms with Crippen LogP contribution in [0, 0.1) is 0 Å². The molecule has 6 nitrogen and oxygen atoms in total. The van der Waals surface area contributed by atoms with Crippen LogP contribution in [0.5, 0.6) is 5.75 Å². The monoisotopic (exact) mass is 376 g/mol. The molecule has 0 unspecified atom stereocenters. The Balaban J connectivity index is 2.02. The van der Waals surface area contributed by atoms with Gasteiger partial charge in [0.05, 0.1) is 10.7 Å². The van der Waals surface area contributed by atoms with E-state index in [9.17, 15) is 4.79 Å². The molecule has 0 aliphatic carbocycles. The fourth-order valence-electron chi connectivity index (χ4n) is 2.36. The first-order valence-corrected chi connectivity index (χ1v) is 9.09. The summed E-state index contributed by atoms with van der Waals surface area (Å²) < 4.78 is 8.38. The highest BCUT2D eigenvalue weighted by Crippen LogP contribution is 2.30. The van der Waals surface area contributed by atoms with Crippen molar-refractivity contribution in [3.8, 4) is 11.4 Å². The van der Waals surface area contributed by atoms with E-state index in [2.05, 4.69) is 17.4 Å². The molecule has 0 amide bonds. The van der Waals surface area contributed by atoms with Crippen LogP contribution in [-0.2, 0) is 13.7 Å². The van der Waals surface area contributed by atoms with Gasteiger partial charge in [-0.25, -0.2) is 4.79 Å². The molecule has 0 fully saturated rings. The number of aromatic nitrogens is 4. The molecule has 0 aliphatic rings. The Kier molecular flexibility index (Phi) is 5.45. The number of hydrogen-bond acceptors (Lipinski definition) is 5. The number of thioether (sulfide) groups is 1. The Morgan fingerprint density at radius 3 is 2.64 bits per heavy atom. The summed E-state index contributed by atoms with van der Waals surface area (Å²) in [5, 5.41) is 8.28. The van der Waals surface area contributed by atoms with E-state index in [1.807, 2.05) is 36.4 Å². The molecule has 25 heavy (non-hydrogen) atoms. The summed E-state index contributed by atoms with van der Waals surface area (Å²) >= 11 is 7.85. The predicted molar refractivity (Wildman–Crippen MR) is 98.8 cm³/mol. The summed E-state index contributed by atoms with van der Waals surface area (Å²) in [7, 11) is 1.57. The summed E-state index contributed by atoms with van der Waals surface area (Å²) in [6.45, 7) is 2.34. The van der Waals surface area contributed by atoms with Gasteiger partial charge >= 0.3 is 5.69 Å². The third-order valence-electron chi connectivity index (χ3n) is 3.57. The van der Waals surface area contributed by atoms with E-state index in [-0.39, 0.29) is 12.3 Å². The lowest BCUT2D eigenvalue weighted by atomic mass is 10.2. The third kappa shape index (κ3) is 3.72. The Bertz CT molecular complexity index is 938. The molecule has 0 N–H and O–H groups in total. The number of nitrogens with zero attached hydrogens (tertiary/aromatic N) is 4. The molecule has 0 radical (unpaired) electrons. The molecule has 0 atom stereocenters. The largest absolute Gasteiger partial charge is 0.487 e. The number of hydrogen-bond donors (Lipinski definition) is 0. The molecule has 1 heterocycles. The lowest BCUT2D eigenvalue weighted by Crippen LogP contribution is -2.23. The zero-order valence-corrected chi connectivity index (χ0v) is 15.4. The molecule has 0 aliphatic heterocycles. The number of benzene rings is 2. The predicted octanol–water partition coefficient (Wildman–Crippen LogP) is 3.31. The van der Waals surface area contributed by atoms with Gasteiger partial charge in [-0.2, -0.15) is 9.36 Å². The molecular weight excluding hydrogens is 360 g/mol. The van der Waals surface area contributed by atoms with E-state index >= 15 is 0 Å². The second kappa shape index (κ2) is 7.76. The molecule has 0 saturated carbocycles. The Morgan fingerprint density at radius 2 is 1.96 bits per heavy atom. The van der Waals surface area contributed by atoms with Crippen molar-refractivity contribution >= 4 is 23.4 Å². The highest BCUT2D eigenvalue weighted by molar-refractivity contribution is 7.99. The first-order valence-electron chi connectivity index (χ1n) is 7.73. The van der Waals surface area contributed by atoms with Gasteiger partial charge in [0, 0.05) is 17.5 Å². The SMILES string of the molecule is CCSc1cccc(-n2nnn(C)c2=O)c1COc1ccccc1Cl. The molecule has 2 aromatic carbocycles. The maximum absolute atomic E-state index is 12.3. The molecule has 1 aromatic heterocycles. The highest BCUT2D eigenvalue weighted by Gasteiger charge is 2.15. The highest BCUT2D eigenvalue weighted by atomic mass is 35.5. The van der Waals surface area contributed by atoms with Crippen LogP contribution in [0.4, 0.5) is 0 Å². The van der Waals surface area contributed by atoms with Crippen molar-refractivity contribution in [3.05, 3.63) is 63.5 Å². The fraction of sp³-hybridized carbons (Fsp3) is 0.235. The molecule has 0 saturated heterocycles. The van der Waals surface area contributed by atoms with E-state index in [1.54, 1.807) is 24.9 Å². The third-order valence-corrected chi connectivity index (χ3v) is 4.86. The Labute approximate surface area is 154 Å².